The van der Waals surface area contributed by atoms with Crippen molar-refractivity contribution in [3.05, 3.63) is 23.8 Å². The third-order valence-corrected chi connectivity index (χ3v) is 4.29. The minimum absolute atomic E-state index is 0.00776. The Morgan fingerprint density at radius 3 is 2.54 bits per heavy atom. The van der Waals surface area contributed by atoms with Gasteiger partial charge in [-0.3, -0.25) is 4.79 Å². The molecule has 6 nitrogen and oxygen atoms in total. The van der Waals surface area contributed by atoms with Crippen molar-refractivity contribution in [1.29, 1.82) is 0 Å². The SMILES string of the molecule is Cc1cc(NC(=O)NCCC(=O)NC2CCCC2)ccc1N(C)C. The van der Waals surface area contributed by atoms with Gasteiger partial charge < -0.3 is 20.9 Å². The highest BCUT2D eigenvalue weighted by atomic mass is 16.2. The van der Waals surface area contributed by atoms with Crippen LogP contribution in [0.5, 0.6) is 0 Å². The van der Waals surface area contributed by atoms with E-state index in [1.807, 2.05) is 44.1 Å². The molecule has 0 unspecified atom stereocenters. The number of amides is 3. The summed E-state index contributed by atoms with van der Waals surface area (Å²) in [6, 6.07) is 5.81. The number of carbonyl (C=O) groups is 2. The standard InChI is InChI=1S/C18H28N4O2/c1-13-12-15(8-9-16(13)22(2)3)21-18(24)19-11-10-17(23)20-14-6-4-5-7-14/h8-9,12,14H,4-7,10-11H2,1-3H3,(H,20,23)(H2,19,21,24). The molecular formula is C18H28N4O2. The Balaban J connectivity index is 1.71. The minimum atomic E-state index is -0.291. The molecule has 0 heterocycles. The second-order valence-electron chi connectivity index (χ2n) is 6.58. The van der Waals surface area contributed by atoms with Gasteiger partial charge in [0, 0.05) is 44.5 Å². The molecule has 0 saturated heterocycles. The van der Waals surface area contributed by atoms with Crippen LogP contribution in [0.15, 0.2) is 18.2 Å². The molecule has 0 aliphatic heterocycles. The molecule has 0 atom stereocenters. The van der Waals surface area contributed by atoms with Crippen molar-refractivity contribution < 1.29 is 9.59 Å². The van der Waals surface area contributed by atoms with E-state index in [0.717, 1.165) is 29.8 Å². The number of hydrogen-bond acceptors (Lipinski definition) is 3. The van der Waals surface area contributed by atoms with Gasteiger partial charge in [-0.25, -0.2) is 4.79 Å². The maximum Gasteiger partial charge on any atom is 0.319 e. The Labute approximate surface area is 144 Å². The monoisotopic (exact) mass is 332 g/mol. The molecule has 6 heteroatoms. The lowest BCUT2D eigenvalue weighted by Gasteiger charge is -2.17. The van der Waals surface area contributed by atoms with Crippen LogP contribution in [-0.2, 0) is 4.79 Å². The summed E-state index contributed by atoms with van der Waals surface area (Å²) in [5, 5.41) is 8.53. The zero-order valence-corrected chi connectivity index (χ0v) is 14.8. The highest BCUT2D eigenvalue weighted by Crippen LogP contribution is 2.21. The van der Waals surface area contributed by atoms with E-state index in [-0.39, 0.29) is 11.9 Å². The van der Waals surface area contributed by atoms with Gasteiger partial charge in [0.15, 0.2) is 0 Å². The Hall–Kier alpha value is -2.24. The Morgan fingerprint density at radius 2 is 1.92 bits per heavy atom. The van der Waals surface area contributed by atoms with Gasteiger partial charge in [0.2, 0.25) is 5.91 Å². The number of carbonyl (C=O) groups excluding carboxylic acids is 2. The predicted octanol–water partition coefficient (Wildman–Crippen LogP) is 2.63. The summed E-state index contributed by atoms with van der Waals surface area (Å²) in [4.78, 5) is 25.7. The van der Waals surface area contributed by atoms with Gasteiger partial charge in [-0.2, -0.15) is 0 Å². The molecule has 24 heavy (non-hydrogen) atoms. The van der Waals surface area contributed by atoms with Crippen molar-refractivity contribution in [3.63, 3.8) is 0 Å². The fraction of sp³-hybridized carbons (Fsp3) is 0.556. The van der Waals surface area contributed by atoms with E-state index < -0.39 is 0 Å². The van der Waals surface area contributed by atoms with Crippen molar-refractivity contribution in [2.45, 2.75) is 45.1 Å². The second kappa shape index (κ2) is 8.57. The third kappa shape index (κ3) is 5.44. The molecule has 1 aliphatic rings. The molecule has 3 N–H and O–H groups in total. The molecule has 132 valence electrons. The fourth-order valence-electron chi connectivity index (χ4n) is 3.07. The summed E-state index contributed by atoms with van der Waals surface area (Å²) < 4.78 is 0. The largest absolute Gasteiger partial charge is 0.377 e. The number of urea groups is 1. The van der Waals surface area contributed by atoms with E-state index in [1.165, 1.54) is 12.8 Å². The van der Waals surface area contributed by atoms with Gasteiger partial charge in [0.25, 0.3) is 0 Å². The molecule has 1 aromatic rings. The lowest BCUT2D eigenvalue weighted by atomic mass is 10.1. The maximum absolute atomic E-state index is 11.9. The average Bonchev–Trinajstić information content (AvgIpc) is 2.99. The van der Waals surface area contributed by atoms with E-state index in [4.69, 9.17) is 0 Å². The number of anilines is 2. The summed E-state index contributed by atoms with van der Waals surface area (Å²) in [5.41, 5.74) is 2.95. The predicted molar refractivity (Wildman–Crippen MR) is 97.5 cm³/mol. The number of aryl methyl sites for hydroxylation is 1. The van der Waals surface area contributed by atoms with Crippen molar-refractivity contribution in [1.82, 2.24) is 10.6 Å². The minimum Gasteiger partial charge on any atom is -0.377 e. The Kier molecular flexibility index (Phi) is 6.46. The Bertz CT molecular complexity index is 580. The molecule has 1 fully saturated rings. The van der Waals surface area contributed by atoms with Crippen LogP contribution in [0.4, 0.5) is 16.2 Å². The van der Waals surface area contributed by atoms with Crippen LogP contribution in [0.3, 0.4) is 0 Å². The fourth-order valence-corrected chi connectivity index (χ4v) is 3.07. The highest BCUT2D eigenvalue weighted by molar-refractivity contribution is 5.90. The van der Waals surface area contributed by atoms with E-state index >= 15 is 0 Å². The molecular weight excluding hydrogens is 304 g/mol. The summed E-state index contributed by atoms with van der Waals surface area (Å²) in [5.74, 6) is 0.00776. The van der Waals surface area contributed by atoms with Crippen molar-refractivity contribution in [2.75, 3.05) is 30.9 Å². The van der Waals surface area contributed by atoms with Gasteiger partial charge in [-0.1, -0.05) is 12.8 Å². The van der Waals surface area contributed by atoms with Crippen LogP contribution < -0.4 is 20.9 Å². The van der Waals surface area contributed by atoms with Crippen molar-refractivity contribution in [2.24, 2.45) is 0 Å². The van der Waals surface area contributed by atoms with Crippen LogP contribution in [-0.4, -0.2) is 38.6 Å². The first-order valence-corrected chi connectivity index (χ1v) is 8.58. The van der Waals surface area contributed by atoms with Crippen LogP contribution >= 0.6 is 0 Å². The number of benzene rings is 1. The summed E-state index contributed by atoms with van der Waals surface area (Å²) >= 11 is 0. The van der Waals surface area contributed by atoms with E-state index in [1.54, 1.807) is 0 Å². The van der Waals surface area contributed by atoms with Crippen LogP contribution in [0.25, 0.3) is 0 Å². The molecule has 0 radical (unpaired) electrons. The molecule has 2 rings (SSSR count). The van der Waals surface area contributed by atoms with Crippen LogP contribution in [0.2, 0.25) is 0 Å². The maximum atomic E-state index is 11.9. The van der Waals surface area contributed by atoms with E-state index in [9.17, 15) is 9.59 Å². The van der Waals surface area contributed by atoms with Gasteiger partial charge in [-0.15, -0.1) is 0 Å². The van der Waals surface area contributed by atoms with Gasteiger partial charge in [0.1, 0.15) is 0 Å². The Morgan fingerprint density at radius 1 is 1.21 bits per heavy atom. The molecule has 0 spiro atoms. The van der Waals surface area contributed by atoms with E-state index in [0.29, 0.717) is 19.0 Å². The van der Waals surface area contributed by atoms with Crippen LogP contribution in [0.1, 0.15) is 37.7 Å². The summed E-state index contributed by atoms with van der Waals surface area (Å²) in [7, 11) is 3.97. The molecule has 1 aliphatic carbocycles. The van der Waals surface area contributed by atoms with Crippen LogP contribution in [0, 0.1) is 6.92 Å². The lowest BCUT2D eigenvalue weighted by molar-refractivity contribution is -0.121. The molecule has 1 saturated carbocycles. The third-order valence-electron chi connectivity index (χ3n) is 4.29. The number of nitrogens with one attached hydrogen (secondary N) is 3. The number of nitrogens with zero attached hydrogens (tertiary/aromatic N) is 1. The molecule has 0 aromatic heterocycles. The van der Waals surface area contributed by atoms with E-state index in [2.05, 4.69) is 16.0 Å². The molecule has 1 aromatic carbocycles. The molecule has 3 amide bonds. The van der Waals surface area contributed by atoms with Gasteiger partial charge in [0.05, 0.1) is 0 Å². The number of hydrogen-bond donors (Lipinski definition) is 3. The summed E-state index contributed by atoms with van der Waals surface area (Å²) in [6.45, 7) is 2.34. The van der Waals surface area contributed by atoms with Gasteiger partial charge >= 0.3 is 6.03 Å². The molecule has 0 bridgehead atoms. The smallest absolute Gasteiger partial charge is 0.319 e. The van der Waals surface area contributed by atoms with Gasteiger partial charge in [-0.05, 0) is 43.5 Å². The topological polar surface area (TPSA) is 73.5 Å². The number of rotatable bonds is 6. The quantitative estimate of drug-likeness (QED) is 0.750. The van der Waals surface area contributed by atoms with Crippen molar-refractivity contribution in [3.8, 4) is 0 Å². The normalized spacial score (nSPS) is 14.3. The first-order chi connectivity index (χ1) is 11.5. The second-order valence-corrected chi connectivity index (χ2v) is 6.58. The lowest BCUT2D eigenvalue weighted by Crippen LogP contribution is -2.36. The average molecular weight is 332 g/mol. The zero-order chi connectivity index (χ0) is 17.5. The first kappa shape index (κ1) is 18.1. The zero-order valence-electron chi connectivity index (χ0n) is 14.8. The first-order valence-electron chi connectivity index (χ1n) is 8.58. The van der Waals surface area contributed by atoms with Crippen molar-refractivity contribution >= 4 is 23.3 Å². The summed E-state index contributed by atoms with van der Waals surface area (Å²) in [6.07, 6.45) is 4.83. The highest BCUT2D eigenvalue weighted by Gasteiger charge is 2.16.